The van der Waals surface area contributed by atoms with Crippen molar-refractivity contribution in [3.8, 4) is 17.2 Å². The van der Waals surface area contributed by atoms with Crippen molar-refractivity contribution in [2.45, 2.75) is 0 Å². The number of H-pyrrole nitrogens is 1. The molecule has 8 heteroatoms. The predicted molar refractivity (Wildman–Crippen MR) is 95.8 cm³/mol. The molecule has 8 nitrogen and oxygen atoms in total. The van der Waals surface area contributed by atoms with Gasteiger partial charge in [0.05, 0.1) is 16.9 Å². The molecule has 0 aliphatic carbocycles. The number of para-hydroxylation sites is 2. The lowest BCUT2D eigenvalue weighted by Crippen LogP contribution is -2.32. The molecule has 1 aliphatic heterocycles. The molecule has 2 aromatic carbocycles. The van der Waals surface area contributed by atoms with Gasteiger partial charge in [-0.15, -0.1) is 0 Å². The molecule has 2 heterocycles. The number of fused-ring (bicyclic) bond motifs is 2. The minimum Gasteiger partial charge on any atom is -0.446 e. The molecule has 3 N–H and O–H groups in total. The van der Waals surface area contributed by atoms with E-state index >= 15 is 0 Å². The second kappa shape index (κ2) is 5.92. The van der Waals surface area contributed by atoms with Crippen molar-refractivity contribution in [2.75, 3.05) is 12.4 Å². The van der Waals surface area contributed by atoms with Gasteiger partial charge in [0.15, 0.2) is 11.4 Å². The molecule has 0 fully saturated rings. The fourth-order valence-corrected chi connectivity index (χ4v) is 2.79. The van der Waals surface area contributed by atoms with Crippen LogP contribution in [0.3, 0.4) is 0 Å². The van der Waals surface area contributed by atoms with Crippen molar-refractivity contribution in [2.24, 2.45) is 0 Å². The van der Waals surface area contributed by atoms with E-state index < -0.39 is 11.1 Å². The van der Waals surface area contributed by atoms with Gasteiger partial charge < -0.3 is 15.4 Å². The molecule has 0 saturated carbocycles. The Morgan fingerprint density at radius 3 is 2.54 bits per heavy atom. The first-order valence-corrected chi connectivity index (χ1v) is 7.85. The largest absolute Gasteiger partial charge is 0.446 e. The molecule has 130 valence electrons. The van der Waals surface area contributed by atoms with Gasteiger partial charge in [-0.05, 0) is 24.3 Å². The molecule has 0 radical (unpaired) electrons. The molecule has 1 aromatic heterocycles. The van der Waals surface area contributed by atoms with E-state index in [0.717, 1.165) is 4.68 Å². The summed E-state index contributed by atoms with van der Waals surface area (Å²) in [5.74, 6) is -0.339. The Morgan fingerprint density at radius 1 is 1.04 bits per heavy atom. The van der Waals surface area contributed by atoms with Crippen LogP contribution in [0.1, 0.15) is 10.4 Å². The fraction of sp³-hybridized carbons (Fsp3) is 0.0556. The fourth-order valence-electron chi connectivity index (χ4n) is 2.79. The van der Waals surface area contributed by atoms with Gasteiger partial charge in [0.25, 0.3) is 11.5 Å². The second-order valence-corrected chi connectivity index (χ2v) is 5.61. The number of amides is 1. The Balaban J connectivity index is 1.89. The maximum absolute atomic E-state index is 12.8. The summed E-state index contributed by atoms with van der Waals surface area (Å²) >= 11 is 0. The Labute approximate surface area is 147 Å². The number of aromatic nitrogens is 2. The number of ether oxygens (including phenoxy) is 1. The number of carbonyl (C=O) groups excluding carboxylic acids is 1. The topological polar surface area (TPSA) is 105 Å². The smallest absolute Gasteiger partial charge is 0.308 e. The van der Waals surface area contributed by atoms with Crippen molar-refractivity contribution in [1.82, 2.24) is 15.1 Å². The van der Waals surface area contributed by atoms with Crippen LogP contribution in [0.25, 0.3) is 5.69 Å². The number of aromatic amines is 1. The highest BCUT2D eigenvalue weighted by atomic mass is 16.5. The third-order valence-corrected chi connectivity index (χ3v) is 4.03. The van der Waals surface area contributed by atoms with Crippen LogP contribution in [0.15, 0.2) is 58.1 Å². The van der Waals surface area contributed by atoms with Gasteiger partial charge in [0.1, 0.15) is 0 Å². The minimum atomic E-state index is -0.590. The van der Waals surface area contributed by atoms with E-state index in [-0.39, 0.29) is 28.7 Å². The number of nitrogens with zero attached hydrogens (tertiary/aromatic N) is 1. The van der Waals surface area contributed by atoms with Crippen LogP contribution in [-0.2, 0) is 0 Å². The van der Waals surface area contributed by atoms with Crippen LogP contribution in [-0.4, -0.2) is 22.7 Å². The van der Waals surface area contributed by atoms with E-state index in [0.29, 0.717) is 11.4 Å². The molecule has 1 amide bonds. The van der Waals surface area contributed by atoms with Gasteiger partial charge in [-0.3, -0.25) is 19.5 Å². The number of hydrogen-bond acceptors (Lipinski definition) is 5. The summed E-state index contributed by atoms with van der Waals surface area (Å²) < 4.78 is 6.80. The van der Waals surface area contributed by atoms with Gasteiger partial charge in [-0.1, -0.05) is 24.3 Å². The summed E-state index contributed by atoms with van der Waals surface area (Å²) in [5.41, 5.74) is 0.161. The van der Waals surface area contributed by atoms with E-state index in [1.54, 1.807) is 42.5 Å². The summed E-state index contributed by atoms with van der Waals surface area (Å²) in [6.07, 6.45) is 0. The monoisotopic (exact) mass is 350 g/mol. The van der Waals surface area contributed by atoms with E-state index in [2.05, 4.69) is 15.7 Å². The lowest BCUT2D eigenvalue weighted by Gasteiger charge is -2.22. The molecule has 0 spiro atoms. The number of rotatable bonds is 2. The van der Waals surface area contributed by atoms with Crippen molar-refractivity contribution in [3.63, 3.8) is 0 Å². The first kappa shape index (κ1) is 15.7. The quantitative estimate of drug-likeness (QED) is 0.511. The molecular weight excluding hydrogens is 336 g/mol. The molecule has 26 heavy (non-hydrogen) atoms. The van der Waals surface area contributed by atoms with Crippen molar-refractivity contribution in [3.05, 3.63) is 74.8 Å². The van der Waals surface area contributed by atoms with Gasteiger partial charge in [-0.2, -0.15) is 0 Å². The van der Waals surface area contributed by atoms with Gasteiger partial charge in [0, 0.05) is 7.05 Å². The Hall–Kier alpha value is -3.81. The maximum atomic E-state index is 12.8. The van der Waals surface area contributed by atoms with Gasteiger partial charge in [0.2, 0.25) is 5.75 Å². The van der Waals surface area contributed by atoms with Crippen molar-refractivity contribution in [1.29, 1.82) is 0 Å². The molecule has 1 aliphatic rings. The van der Waals surface area contributed by atoms with Crippen LogP contribution < -0.4 is 26.5 Å². The van der Waals surface area contributed by atoms with E-state index in [1.165, 1.54) is 7.05 Å². The van der Waals surface area contributed by atoms with Crippen LogP contribution in [0.5, 0.6) is 11.5 Å². The molecular formula is C18H14N4O4. The first-order chi connectivity index (χ1) is 12.6. The standard InChI is InChI=1S/C18H14N4O4/c1-19-16(23)11-8-5-9-12-14(11)26-15-13(20-12)18(25)22(21-17(15)24)10-6-3-2-4-7-10/h2-9,20H,1H3,(H,19,23)(H,21,24). The highest BCUT2D eigenvalue weighted by Gasteiger charge is 2.27. The van der Waals surface area contributed by atoms with E-state index in [4.69, 9.17) is 4.74 Å². The lowest BCUT2D eigenvalue weighted by molar-refractivity contribution is 0.0961. The second-order valence-electron chi connectivity index (χ2n) is 5.61. The molecule has 0 atom stereocenters. The normalized spacial score (nSPS) is 11.6. The number of nitrogens with one attached hydrogen (secondary N) is 3. The Morgan fingerprint density at radius 2 is 1.81 bits per heavy atom. The van der Waals surface area contributed by atoms with Crippen molar-refractivity contribution < 1.29 is 9.53 Å². The Bertz CT molecular complexity index is 1130. The molecule has 3 aromatic rings. The molecule has 4 rings (SSSR count). The average molecular weight is 350 g/mol. The van der Waals surface area contributed by atoms with Crippen LogP contribution in [0.2, 0.25) is 0 Å². The zero-order valence-corrected chi connectivity index (χ0v) is 13.7. The zero-order chi connectivity index (χ0) is 18.3. The average Bonchev–Trinajstić information content (AvgIpc) is 2.69. The highest BCUT2D eigenvalue weighted by Crippen LogP contribution is 2.40. The summed E-state index contributed by atoms with van der Waals surface area (Å²) in [4.78, 5) is 37.3. The highest BCUT2D eigenvalue weighted by molar-refractivity contribution is 5.99. The number of hydrogen-bond donors (Lipinski definition) is 3. The number of benzene rings is 2. The zero-order valence-electron chi connectivity index (χ0n) is 13.7. The van der Waals surface area contributed by atoms with Crippen LogP contribution in [0.4, 0.5) is 11.4 Å². The van der Waals surface area contributed by atoms with Crippen LogP contribution >= 0.6 is 0 Å². The molecule has 0 bridgehead atoms. The summed E-state index contributed by atoms with van der Waals surface area (Å²) in [5, 5.41) is 7.93. The van der Waals surface area contributed by atoms with Crippen molar-refractivity contribution >= 4 is 17.3 Å². The molecule has 0 saturated heterocycles. The first-order valence-electron chi connectivity index (χ1n) is 7.85. The van der Waals surface area contributed by atoms with Gasteiger partial charge in [-0.25, -0.2) is 4.68 Å². The maximum Gasteiger partial charge on any atom is 0.308 e. The minimum absolute atomic E-state index is 0.0131. The summed E-state index contributed by atoms with van der Waals surface area (Å²) in [6.45, 7) is 0. The van der Waals surface area contributed by atoms with Crippen LogP contribution in [0, 0.1) is 0 Å². The third kappa shape index (κ3) is 2.35. The third-order valence-electron chi connectivity index (χ3n) is 4.03. The van der Waals surface area contributed by atoms with Gasteiger partial charge >= 0.3 is 5.56 Å². The molecule has 0 unspecified atom stereocenters. The SMILES string of the molecule is CNC(=O)c1cccc2c1Oc1c(c(=O)n(-c3ccccc3)[nH]c1=O)N2. The van der Waals surface area contributed by atoms with E-state index in [1.807, 2.05) is 6.07 Å². The lowest BCUT2D eigenvalue weighted by atomic mass is 10.1. The Kier molecular flexibility index (Phi) is 3.58. The van der Waals surface area contributed by atoms with E-state index in [9.17, 15) is 14.4 Å². The summed E-state index contributed by atoms with van der Waals surface area (Å²) in [7, 11) is 1.50. The number of anilines is 2. The predicted octanol–water partition coefficient (Wildman–Crippen LogP) is 1.73. The number of carbonyl (C=O) groups is 1. The summed E-state index contributed by atoms with van der Waals surface area (Å²) in [6, 6.07) is 13.6.